The molecule has 4 heteroatoms. The number of hydrogen-bond acceptors (Lipinski definition) is 4. The molecule has 0 saturated heterocycles. The van der Waals surface area contributed by atoms with Gasteiger partial charge in [0.05, 0.1) is 18.8 Å². The average Bonchev–Trinajstić information content (AvgIpc) is 2.36. The molecule has 0 fully saturated rings. The normalized spacial score (nSPS) is 15.1. The summed E-state index contributed by atoms with van der Waals surface area (Å²) in [4.78, 5) is 6.22. The van der Waals surface area contributed by atoms with E-state index in [2.05, 4.69) is 16.8 Å². The van der Waals surface area contributed by atoms with Crippen LogP contribution in [0.3, 0.4) is 0 Å². The minimum absolute atomic E-state index is 0.153. The Morgan fingerprint density at radius 2 is 2.11 bits per heavy atom. The van der Waals surface area contributed by atoms with Crippen molar-refractivity contribution in [3.05, 3.63) is 30.1 Å². The molecule has 0 aliphatic rings. The molecule has 1 aromatic rings. The van der Waals surface area contributed by atoms with Crippen LogP contribution in [-0.4, -0.2) is 47.4 Å². The minimum Gasteiger partial charge on any atom is -0.389 e. The van der Waals surface area contributed by atoms with E-state index in [1.54, 1.807) is 6.20 Å². The Balaban J connectivity index is 2.42. The average molecular weight is 252 g/mol. The van der Waals surface area contributed by atoms with Crippen molar-refractivity contribution in [1.29, 1.82) is 0 Å². The lowest BCUT2D eigenvalue weighted by atomic mass is 10.1. The number of nitrogens with zero attached hydrogens (tertiary/aromatic N) is 2. The highest BCUT2D eigenvalue weighted by Crippen LogP contribution is 2.17. The van der Waals surface area contributed by atoms with Gasteiger partial charge in [-0.2, -0.15) is 0 Å². The number of aliphatic hydroxyl groups is 1. The molecule has 0 saturated carbocycles. The maximum Gasteiger partial charge on any atom is 0.0900 e. The summed E-state index contributed by atoms with van der Waals surface area (Å²) in [7, 11) is 2.00. The monoisotopic (exact) mass is 252 g/mol. The highest BCUT2D eigenvalue weighted by Gasteiger charge is 2.15. The van der Waals surface area contributed by atoms with Gasteiger partial charge in [0.15, 0.2) is 0 Å². The molecule has 0 aromatic carbocycles. The van der Waals surface area contributed by atoms with Crippen LogP contribution in [0.2, 0.25) is 0 Å². The van der Waals surface area contributed by atoms with Gasteiger partial charge in [0, 0.05) is 25.0 Å². The summed E-state index contributed by atoms with van der Waals surface area (Å²) < 4.78 is 5.40. The molecule has 2 atom stereocenters. The van der Waals surface area contributed by atoms with Gasteiger partial charge in [-0.3, -0.25) is 9.88 Å². The van der Waals surface area contributed by atoms with Crippen LogP contribution in [0.5, 0.6) is 0 Å². The van der Waals surface area contributed by atoms with Crippen molar-refractivity contribution < 1.29 is 9.84 Å². The van der Waals surface area contributed by atoms with Gasteiger partial charge in [-0.25, -0.2) is 0 Å². The molecular weight excluding hydrogens is 228 g/mol. The van der Waals surface area contributed by atoms with E-state index in [9.17, 15) is 5.11 Å². The topological polar surface area (TPSA) is 45.6 Å². The number of likely N-dealkylation sites (N-methyl/N-ethyl adjacent to an activating group) is 1. The van der Waals surface area contributed by atoms with Gasteiger partial charge in [-0.1, -0.05) is 6.07 Å². The largest absolute Gasteiger partial charge is 0.389 e. The van der Waals surface area contributed by atoms with Gasteiger partial charge < -0.3 is 9.84 Å². The Morgan fingerprint density at radius 1 is 1.39 bits per heavy atom. The SMILES string of the molecule is CC(C)OCC(O)CN(C)C(C)c1cccnc1. The zero-order chi connectivity index (χ0) is 13.5. The Morgan fingerprint density at radius 3 is 2.67 bits per heavy atom. The van der Waals surface area contributed by atoms with Crippen LogP contribution in [-0.2, 0) is 4.74 Å². The van der Waals surface area contributed by atoms with Crippen LogP contribution in [0.25, 0.3) is 0 Å². The van der Waals surface area contributed by atoms with Gasteiger partial charge in [-0.15, -0.1) is 0 Å². The Bertz CT molecular complexity index is 330. The Hall–Kier alpha value is -0.970. The number of aliphatic hydroxyl groups excluding tert-OH is 1. The molecule has 102 valence electrons. The number of aromatic nitrogens is 1. The van der Waals surface area contributed by atoms with Crippen LogP contribution in [0, 0.1) is 0 Å². The van der Waals surface area contributed by atoms with Crippen molar-refractivity contribution in [3.8, 4) is 0 Å². The molecule has 0 amide bonds. The summed E-state index contributed by atoms with van der Waals surface area (Å²) in [5, 5.41) is 9.88. The highest BCUT2D eigenvalue weighted by molar-refractivity contribution is 5.12. The first kappa shape index (κ1) is 15.1. The van der Waals surface area contributed by atoms with E-state index in [1.807, 2.05) is 39.2 Å². The van der Waals surface area contributed by atoms with Gasteiger partial charge in [0.25, 0.3) is 0 Å². The molecule has 0 radical (unpaired) electrons. The first-order valence-corrected chi connectivity index (χ1v) is 6.40. The fourth-order valence-electron chi connectivity index (χ4n) is 1.72. The minimum atomic E-state index is -0.462. The van der Waals surface area contributed by atoms with E-state index < -0.39 is 6.10 Å². The molecular formula is C14H24N2O2. The van der Waals surface area contributed by atoms with Crippen molar-refractivity contribution in [3.63, 3.8) is 0 Å². The lowest BCUT2D eigenvalue weighted by molar-refractivity contribution is -0.00950. The van der Waals surface area contributed by atoms with Crippen LogP contribution in [0.4, 0.5) is 0 Å². The summed E-state index contributed by atoms with van der Waals surface area (Å²) in [6.07, 6.45) is 3.32. The van der Waals surface area contributed by atoms with E-state index in [0.29, 0.717) is 13.2 Å². The van der Waals surface area contributed by atoms with Crippen LogP contribution >= 0.6 is 0 Å². The van der Waals surface area contributed by atoms with Crippen molar-refractivity contribution in [2.75, 3.05) is 20.2 Å². The number of pyridine rings is 1. The van der Waals surface area contributed by atoms with E-state index in [4.69, 9.17) is 4.74 Å². The molecule has 0 aliphatic heterocycles. The molecule has 1 rings (SSSR count). The quantitative estimate of drug-likeness (QED) is 0.804. The second kappa shape index (κ2) is 7.46. The third kappa shape index (κ3) is 5.12. The molecule has 0 aliphatic carbocycles. The maximum absolute atomic E-state index is 9.88. The summed E-state index contributed by atoms with van der Waals surface area (Å²) in [5.74, 6) is 0. The molecule has 0 bridgehead atoms. The number of ether oxygens (including phenoxy) is 1. The number of hydrogen-bond donors (Lipinski definition) is 1. The predicted molar refractivity (Wildman–Crippen MR) is 72.4 cm³/mol. The van der Waals surface area contributed by atoms with E-state index >= 15 is 0 Å². The zero-order valence-electron chi connectivity index (χ0n) is 11.7. The Labute approximate surface area is 110 Å². The van der Waals surface area contributed by atoms with E-state index in [0.717, 1.165) is 5.56 Å². The summed E-state index contributed by atoms with van der Waals surface area (Å²) in [6.45, 7) is 7.00. The first-order valence-electron chi connectivity index (χ1n) is 6.40. The molecule has 2 unspecified atom stereocenters. The molecule has 0 spiro atoms. The van der Waals surface area contributed by atoms with Crippen molar-refractivity contribution in [2.45, 2.75) is 39.0 Å². The molecule has 1 N–H and O–H groups in total. The van der Waals surface area contributed by atoms with Crippen LogP contribution in [0.1, 0.15) is 32.4 Å². The molecule has 1 aromatic heterocycles. The fourth-order valence-corrected chi connectivity index (χ4v) is 1.72. The van der Waals surface area contributed by atoms with E-state index in [1.165, 1.54) is 0 Å². The second-order valence-corrected chi connectivity index (χ2v) is 4.94. The van der Waals surface area contributed by atoms with Gasteiger partial charge >= 0.3 is 0 Å². The lowest BCUT2D eigenvalue weighted by Crippen LogP contribution is -2.34. The maximum atomic E-state index is 9.88. The smallest absolute Gasteiger partial charge is 0.0900 e. The summed E-state index contributed by atoms with van der Waals surface area (Å²) in [6, 6.07) is 4.20. The molecule has 4 nitrogen and oxygen atoms in total. The summed E-state index contributed by atoms with van der Waals surface area (Å²) in [5.41, 5.74) is 1.15. The van der Waals surface area contributed by atoms with Gasteiger partial charge in [0.2, 0.25) is 0 Å². The van der Waals surface area contributed by atoms with Crippen LogP contribution < -0.4 is 0 Å². The fraction of sp³-hybridized carbons (Fsp3) is 0.643. The van der Waals surface area contributed by atoms with E-state index in [-0.39, 0.29) is 12.1 Å². The molecule has 1 heterocycles. The zero-order valence-corrected chi connectivity index (χ0v) is 11.7. The van der Waals surface area contributed by atoms with Crippen LogP contribution in [0.15, 0.2) is 24.5 Å². The number of rotatable bonds is 7. The van der Waals surface area contributed by atoms with Crippen molar-refractivity contribution >= 4 is 0 Å². The first-order chi connectivity index (χ1) is 8.50. The van der Waals surface area contributed by atoms with Crippen molar-refractivity contribution in [1.82, 2.24) is 9.88 Å². The summed E-state index contributed by atoms with van der Waals surface area (Å²) >= 11 is 0. The van der Waals surface area contributed by atoms with Gasteiger partial charge in [-0.05, 0) is 39.4 Å². The standard InChI is InChI=1S/C14H24N2O2/c1-11(2)18-10-14(17)9-16(4)12(3)13-6-5-7-15-8-13/h5-8,11-12,14,17H,9-10H2,1-4H3. The Kier molecular flexibility index (Phi) is 6.25. The third-order valence-electron chi connectivity index (χ3n) is 2.95. The van der Waals surface area contributed by atoms with Gasteiger partial charge in [0.1, 0.15) is 0 Å². The van der Waals surface area contributed by atoms with Crippen molar-refractivity contribution in [2.24, 2.45) is 0 Å². The highest BCUT2D eigenvalue weighted by atomic mass is 16.5. The molecule has 18 heavy (non-hydrogen) atoms. The second-order valence-electron chi connectivity index (χ2n) is 4.94. The third-order valence-corrected chi connectivity index (χ3v) is 2.95. The predicted octanol–water partition coefficient (Wildman–Crippen LogP) is 1.86. The lowest BCUT2D eigenvalue weighted by Gasteiger charge is -2.27.